The summed E-state index contributed by atoms with van der Waals surface area (Å²) in [5, 5.41) is 20.1. The minimum absolute atomic E-state index is 0.175. The van der Waals surface area contributed by atoms with Crippen molar-refractivity contribution >= 4 is 51.5 Å². The van der Waals surface area contributed by atoms with Crippen molar-refractivity contribution < 1.29 is 14.8 Å². The summed E-state index contributed by atoms with van der Waals surface area (Å²) in [6.45, 7) is 5.78. The second-order valence-electron chi connectivity index (χ2n) is 6.64. The van der Waals surface area contributed by atoms with Gasteiger partial charge in [0.2, 0.25) is 11.7 Å². The van der Waals surface area contributed by atoms with Gasteiger partial charge in [-0.1, -0.05) is 36.5 Å². The summed E-state index contributed by atoms with van der Waals surface area (Å²) in [4.78, 5) is 19.3. The molecule has 3 rings (SSSR count). The molecule has 0 unspecified atom stereocenters. The van der Waals surface area contributed by atoms with Crippen LogP contribution in [-0.2, 0) is 11.2 Å². The number of hydrogen-bond donors (Lipinski definition) is 4. The first-order valence-electron chi connectivity index (χ1n) is 9.30. The summed E-state index contributed by atoms with van der Waals surface area (Å²) in [7, 11) is 0. The predicted octanol–water partition coefficient (Wildman–Crippen LogP) is 3.94. The zero-order chi connectivity index (χ0) is 22.5. The van der Waals surface area contributed by atoms with Gasteiger partial charge in [-0.15, -0.1) is 0 Å². The van der Waals surface area contributed by atoms with E-state index in [1.807, 2.05) is 12.3 Å². The van der Waals surface area contributed by atoms with Crippen molar-refractivity contribution in [3.63, 3.8) is 0 Å². The van der Waals surface area contributed by atoms with Gasteiger partial charge in [-0.2, -0.15) is 5.26 Å². The Bertz CT molecular complexity index is 1210. The van der Waals surface area contributed by atoms with Crippen molar-refractivity contribution in [1.29, 1.82) is 10.7 Å². The van der Waals surface area contributed by atoms with Crippen LogP contribution in [0.5, 0.6) is 11.6 Å². The number of halogens is 2. The van der Waals surface area contributed by atoms with Crippen LogP contribution in [0, 0.1) is 16.7 Å². The summed E-state index contributed by atoms with van der Waals surface area (Å²) in [5.74, 6) is -0.0686. The molecule has 2 heterocycles. The number of carbonyl (C=O) groups is 1. The molecule has 0 spiro atoms. The van der Waals surface area contributed by atoms with E-state index in [-0.39, 0.29) is 21.6 Å². The molecule has 3 aromatic rings. The number of nitriles is 1. The van der Waals surface area contributed by atoms with Crippen LogP contribution in [0.15, 0.2) is 42.9 Å². The van der Waals surface area contributed by atoms with Crippen LogP contribution in [0.1, 0.15) is 18.9 Å². The molecule has 0 aliphatic rings. The number of quaternary nitrogens is 1. The van der Waals surface area contributed by atoms with E-state index in [0.29, 0.717) is 11.6 Å². The molecule has 31 heavy (non-hydrogen) atoms. The molecule has 1 amide bonds. The molecule has 0 aliphatic heterocycles. The Kier molecular flexibility index (Phi) is 6.92. The van der Waals surface area contributed by atoms with E-state index in [0.717, 1.165) is 29.4 Å². The number of nitrogens with two attached hydrogens (primary N) is 1. The van der Waals surface area contributed by atoms with Gasteiger partial charge in [-0.05, 0) is 24.6 Å². The van der Waals surface area contributed by atoms with Gasteiger partial charge in [-0.3, -0.25) is 20.8 Å². The van der Waals surface area contributed by atoms with Crippen LogP contribution >= 0.6 is 23.2 Å². The number of pyridine rings is 1. The van der Waals surface area contributed by atoms with Crippen LogP contribution in [0.2, 0.25) is 10.0 Å². The molecule has 0 saturated carbocycles. The molecule has 0 bridgehead atoms. The van der Waals surface area contributed by atoms with Gasteiger partial charge in [0.25, 0.3) is 5.91 Å². The minimum Gasteiger partial charge on any atom is -0.436 e. The number of hydrogen-bond acceptors (Lipinski definition) is 5. The molecular formula is C21H19Cl2N6O2+. The summed E-state index contributed by atoms with van der Waals surface area (Å²) in [5.41, 5.74) is 2.70. The summed E-state index contributed by atoms with van der Waals surface area (Å²) in [6, 6.07) is 8.24. The summed E-state index contributed by atoms with van der Waals surface area (Å²) in [6.07, 6.45) is 3.84. The third-order valence-corrected chi connectivity index (χ3v) is 4.84. The summed E-state index contributed by atoms with van der Waals surface area (Å²) >= 11 is 12.7. The van der Waals surface area contributed by atoms with Crippen molar-refractivity contribution in [2.45, 2.75) is 19.8 Å². The molecule has 0 radical (unpaired) electrons. The molecule has 0 aliphatic carbocycles. The number of nitrogens with zero attached hydrogens (tertiary/aromatic N) is 2. The number of ether oxygens (including phenoxy) is 1. The van der Waals surface area contributed by atoms with E-state index in [4.69, 9.17) is 38.6 Å². The number of fused-ring (bicyclic) bond motifs is 1. The SMILES string of the molecule is C=C(NC(=O)C(=N)C#N)[NH2+]c1cc(Cl)c(Oc2ccc3[nH]cc(CCC)c3n2)c(Cl)c1. The van der Waals surface area contributed by atoms with E-state index in [9.17, 15) is 4.79 Å². The minimum atomic E-state index is -0.852. The number of nitrogens with one attached hydrogen (secondary N) is 3. The Labute approximate surface area is 188 Å². The lowest BCUT2D eigenvalue weighted by molar-refractivity contribution is -0.521. The topological polar surface area (TPSA) is 131 Å². The molecular weight excluding hydrogens is 439 g/mol. The van der Waals surface area contributed by atoms with Gasteiger partial charge in [0.1, 0.15) is 11.8 Å². The summed E-state index contributed by atoms with van der Waals surface area (Å²) < 4.78 is 5.86. The number of aromatic amines is 1. The van der Waals surface area contributed by atoms with Gasteiger partial charge in [-0.25, -0.2) is 4.98 Å². The van der Waals surface area contributed by atoms with Crippen molar-refractivity contribution in [1.82, 2.24) is 15.3 Å². The zero-order valence-electron chi connectivity index (χ0n) is 16.6. The Morgan fingerprint density at radius 1 is 1.39 bits per heavy atom. The zero-order valence-corrected chi connectivity index (χ0v) is 18.1. The maximum atomic E-state index is 11.6. The fourth-order valence-corrected chi connectivity index (χ4v) is 3.49. The Hall–Kier alpha value is -3.38. The second-order valence-corrected chi connectivity index (χ2v) is 7.45. The van der Waals surface area contributed by atoms with E-state index in [2.05, 4.69) is 28.8 Å². The second kappa shape index (κ2) is 9.62. The molecule has 10 heteroatoms. The highest BCUT2D eigenvalue weighted by molar-refractivity contribution is 6.44. The molecule has 5 N–H and O–H groups in total. The third kappa shape index (κ3) is 5.22. The van der Waals surface area contributed by atoms with E-state index < -0.39 is 11.6 Å². The quantitative estimate of drug-likeness (QED) is 0.301. The number of rotatable bonds is 8. The van der Waals surface area contributed by atoms with Gasteiger partial charge in [0, 0.05) is 24.4 Å². The fourth-order valence-electron chi connectivity index (χ4n) is 2.91. The molecule has 2 aromatic heterocycles. The Balaban J connectivity index is 1.78. The average Bonchev–Trinajstić information content (AvgIpc) is 3.12. The van der Waals surface area contributed by atoms with Crippen LogP contribution < -0.4 is 15.4 Å². The largest absolute Gasteiger partial charge is 0.436 e. The number of H-pyrrole nitrogens is 1. The molecule has 0 fully saturated rings. The van der Waals surface area contributed by atoms with Crippen LogP contribution in [0.4, 0.5) is 5.69 Å². The first-order chi connectivity index (χ1) is 14.8. The van der Waals surface area contributed by atoms with E-state index in [1.165, 1.54) is 11.4 Å². The molecule has 0 atom stereocenters. The Morgan fingerprint density at radius 2 is 2.10 bits per heavy atom. The molecule has 1 aromatic carbocycles. The van der Waals surface area contributed by atoms with Gasteiger partial charge in [0.05, 0.1) is 21.1 Å². The van der Waals surface area contributed by atoms with Gasteiger partial charge in [0.15, 0.2) is 11.5 Å². The van der Waals surface area contributed by atoms with Crippen molar-refractivity contribution in [2.75, 3.05) is 0 Å². The fraction of sp³-hybridized carbons (Fsp3) is 0.143. The van der Waals surface area contributed by atoms with Crippen molar-refractivity contribution in [3.8, 4) is 17.7 Å². The maximum absolute atomic E-state index is 11.6. The number of aromatic nitrogens is 2. The molecule has 158 valence electrons. The van der Waals surface area contributed by atoms with Gasteiger partial charge >= 0.3 is 0 Å². The first kappa shape index (κ1) is 22.3. The normalized spacial score (nSPS) is 10.5. The van der Waals surface area contributed by atoms with Crippen molar-refractivity contribution in [2.24, 2.45) is 0 Å². The predicted molar refractivity (Wildman–Crippen MR) is 119 cm³/mol. The van der Waals surface area contributed by atoms with Gasteiger partial charge < -0.3 is 9.72 Å². The number of amides is 1. The van der Waals surface area contributed by atoms with Crippen LogP contribution in [0.3, 0.4) is 0 Å². The standard InChI is InChI=1S/C21H18Cl2N6O2/c1-3-4-12-10-26-17-5-6-18(29-19(12)17)31-20-14(22)7-13(8-15(20)23)27-11(2)28-21(30)16(25)9-24/h5-8,10,25-27H,2-4H2,1H3,(H,28,30)/p+1. The molecule has 8 nitrogen and oxygen atoms in total. The third-order valence-electron chi connectivity index (χ3n) is 4.28. The number of carbonyl (C=O) groups excluding carboxylic acids is 1. The van der Waals surface area contributed by atoms with Crippen molar-refractivity contribution in [3.05, 3.63) is 58.5 Å². The smallest absolute Gasteiger partial charge is 0.288 e. The molecule has 0 saturated heterocycles. The van der Waals surface area contributed by atoms with E-state index >= 15 is 0 Å². The van der Waals surface area contributed by atoms with Crippen LogP contribution in [-0.4, -0.2) is 21.6 Å². The highest BCUT2D eigenvalue weighted by atomic mass is 35.5. The average molecular weight is 458 g/mol. The van der Waals surface area contributed by atoms with E-state index in [1.54, 1.807) is 18.2 Å². The maximum Gasteiger partial charge on any atom is 0.288 e. The lowest BCUT2D eigenvalue weighted by Gasteiger charge is -2.11. The monoisotopic (exact) mass is 457 g/mol. The highest BCUT2D eigenvalue weighted by Gasteiger charge is 2.17. The Morgan fingerprint density at radius 3 is 2.74 bits per heavy atom. The lowest BCUT2D eigenvalue weighted by Crippen LogP contribution is -2.79. The highest BCUT2D eigenvalue weighted by Crippen LogP contribution is 2.38. The number of aryl methyl sites for hydroxylation is 1. The number of benzene rings is 1. The van der Waals surface area contributed by atoms with Crippen LogP contribution in [0.25, 0.3) is 11.0 Å². The first-order valence-corrected chi connectivity index (χ1v) is 10.1. The lowest BCUT2D eigenvalue weighted by atomic mass is 10.2.